The Bertz CT molecular complexity index is 484. The van der Waals surface area contributed by atoms with E-state index in [2.05, 4.69) is 0 Å². The van der Waals surface area contributed by atoms with E-state index < -0.39 is 0 Å². The van der Waals surface area contributed by atoms with Crippen LogP contribution in [-0.4, -0.2) is 25.0 Å². The molecular weight excluding hydrogens is 269 g/mol. The molecule has 21 heavy (non-hydrogen) atoms. The Kier molecular flexibility index (Phi) is 5.59. The minimum Gasteiger partial charge on any atom is -0.494 e. The zero-order chi connectivity index (χ0) is 15.2. The van der Waals surface area contributed by atoms with E-state index in [9.17, 15) is 9.18 Å². The van der Waals surface area contributed by atoms with Crippen molar-refractivity contribution in [2.45, 2.75) is 45.1 Å². The maximum atomic E-state index is 13.6. The lowest BCUT2D eigenvalue weighted by atomic mass is 9.86. The molecule has 0 unspecified atom stereocenters. The van der Waals surface area contributed by atoms with Crippen LogP contribution >= 0.6 is 0 Å². The van der Waals surface area contributed by atoms with Gasteiger partial charge in [-0.05, 0) is 36.5 Å². The van der Waals surface area contributed by atoms with Crippen molar-refractivity contribution < 1.29 is 13.9 Å². The summed E-state index contributed by atoms with van der Waals surface area (Å²) in [7, 11) is 3.23. The highest BCUT2D eigenvalue weighted by molar-refractivity contribution is 5.76. The zero-order valence-electron chi connectivity index (χ0n) is 12.9. The molecule has 0 heterocycles. The highest BCUT2D eigenvalue weighted by atomic mass is 19.1. The van der Waals surface area contributed by atoms with E-state index in [4.69, 9.17) is 4.74 Å². The van der Waals surface area contributed by atoms with Crippen LogP contribution in [0.3, 0.4) is 0 Å². The first kappa shape index (κ1) is 15.8. The molecule has 1 aliphatic carbocycles. The molecule has 1 aliphatic rings. The van der Waals surface area contributed by atoms with Crippen LogP contribution in [0.1, 0.15) is 44.1 Å². The molecule has 0 aliphatic heterocycles. The number of carbonyl (C=O) groups is 1. The Morgan fingerprint density at radius 1 is 1.33 bits per heavy atom. The molecule has 1 fully saturated rings. The largest absolute Gasteiger partial charge is 0.494 e. The Hall–Kier alpha value is -1.58. The maximum absolute atomic E-state index is 13.6. The van der Waals surface area contributed by atoms with E-state index in [1.807, 2.05) is 0 Å². The van der Waals surface area contributed by atoms with Gasteiger partial charge in [0.1, 0.15) is 0 Å². The average Bonchev–Trinajstić information content (AvgIpc) is 2.48. The molecule has 0 radical (unpaired) electrons. The lowest BCUT2D eigenvalue weighted by molar-refractivity contribution is -0.131. The highest BCUT2D eigenvalue weighted by Gasteiger charge is 2.19. The van der Waals surface area contributed by atoms with Crippen molar-refractivity contribution in [1.29, 1.82) is 0 Å². The number of amides is 1. The zero-order valence-corrected chi connectivity index (χ0v) is 12.9. The number of ether oxygens (including phenoxy) is 1. The summed E-state index contributed by atoms with van der Waals surface area (Å²) < 4.78 is 18.5. The summed E-state index contributed by atoms with van der Waals surface area (Å²) in [6, 6.07) is 4.83. The third-order valence-corrected chi connectivity index (χ3v) is 4.25. The predicted octanol–water partition coefficient (Wildman–Crippen LogP) is 3.76. The second-order valence-corrected chi connectivity index (χ2v) is 5.93. The summed E-state index contributed by atoms with van der Waals surface area (Å²) in [6.07, 6.45) is 6.73. The highest BCUT2D eigenvalue weighted by Crippen LogP contribution is 2.27. The van der Waals surface area contributed by atoms with Gasteiger partial charge in [-0.2, -0.15) is 0 Å². The molecule has 1 saturated carbocycles. The SMILES string of the molecule is COc1ccc(CN(C)C(=O)CC2CCCCC2)cc1F. The van der Waals surface area contributed by atoms with Crippen molar-refractivity contribution in [3.05, 3.63) is 29.6 Å². The standard InChI is InChI=1S/C17H24FNO2/c1-19(17(20)11-13-6-4-3-5-7-13)12-14-8-9-16(21-2)15(18)10-14/h8-10,13H,3-7,11-12H2,1-2H3. The quantitative estimate of drug-likeness (QED) is 0.827. The van der Waals surface area contributed by atoms with Gasteiger partial charge in [0.25, 0.3) is 0 Å². The lowest BCUT2D eigenvalue weighted by Crippen LogP contribution is -2.28. The van der Waals surface area contributed by atoms with Crippen LogP contribution in [0.15, 0.2) is 18.2 Å². The fourth-order valence-electron chi connectivity index (χ4n) is 2.96. The van der Waals surface area contributed by atoms with Gasteiger partial charge in [0, 0.05) is 20.0 Å². The van der Waals surface area contributed by atoms with Crippen LogP contribution in [0.4, 0.5) is 4.39 Å². The Balaban J connectivity index is 1.89. The Labute approximate surface area is 126 Å². The van der Waals surface area contributed by atoms with Crippen molar-refractivity contribution >= 4 is 5.91 Å². The van der Waals surface area contributed by atoms with E-state index in [0.717, 1.165) is 18.4 Å². The summed E-state index contributed by atoms with van der Waals surface area (Å²) in [4.78, 5) is 13.9. The minimum absolute atomic E-state index is 0.151. The van der Waals surface area contributed by atoms with Crippen LogP contribution in [0.25, 0.3) is 0 Å². The molecule has 0 N–H and O–H groups in total. The van der Waals surface area contributed by atoms with Gasteiger partial charge >= 0.3 is 0 Å². The first-order valence-electron chi connectivity index (χ1n) is 7.66. The van der Waals surface area contributed by atoms with Crippen molar-refractivity contribution in [3.8, 4) is 5.75 Å². The van der Waals surface area contributed by atoms with Crippen molar-refractivity contribution in [2.75, 3.05) is 14.2 Å². The fourth-order valence-corrected chi connectivity index (χ4v) is 2.96. The minimum atomic E-state index is -0.386. The molecule has 1 aromatic carbocycles. The monoisotopic (exact) mass is 293 g/mol. The second kappa shape index (κ2) is 7.43. The van der Waals surface area contributed by atoms with Crippen LogP contribution in [-0.2, 0) is 11.3 Å². The molecule has 1 aromatic rings. The molecule has 116 valence electrons. The molecule has 0 saturated heterocycles. The van der Waals surface area contributed by atoms with Gasteiger partial charge in [-0.1, -0.05) is 25.3 Å². The van der Waals surface area contributed by atoms with E-state index in [1.54, 1.807) is 24.1 Å². The molecule has 3 nitrogen and oxygen atoms in total. The fraction of sp³-hybridized carbons (Fsp3) is 0.588. The molecule has 0 spiro atoms. The van der Waals surface area contributed by atoms with Crippen LogP contribution < -0.4 is 4.74 Å². The summed E-state index contributed by atoms with van der Waals surface area (Å²) in [6.45, 7) is 0.437. The first-order valence-corrected chi connectivity index (χ1v) is 7.66. The maximum Gasteiger partial charge on any atom is 0.222 e. The number of rotatable bonds is 5. The van der Waals surface area contributed by atoms with Gasteiger partial charge in [-0.3, -0.25) is 4.79 Å². The number of carbonyl (C=O) groups excluding carboxylic acids is 1. The third-order valence-electron chi connectivity index (χ3n) is 4.25. The first-order chi connectivity index (χ1) is 10.1. The molecule has 4 heteroatoms. The molecule has 2 rings (SSSR count). The van der Waals surface area contributed by atoms with E-state index >= 15 is 0 Å². The number of methoxy groups -OCH3 is 1. The second-order valence-electron chi connectivity index (χ2n) is 5.93. The summed E-state index contributed by atoms with van der Waals surface area (Å²) in [5, 5.41) is 0. The van der Waals surface area contributed by atoms with Gasteiger partial charge in [0.2, 0.25) is 5.91 Å². The summed E-state index contributed by atoms with van der Waals surface area (Å²) >= 11 is 0. The number of benzene rings is 1. The molecular formula is C17H24FNO2. The van der Waals surface area contributed by atoms with Gasteiger partial charge in [0.15, 0.2) is 11.6 Å². The van der Waals surface area contributed by atoms with Crippen molar-refractivity contribution in [2.24, 2.45) is 5.92 Å². The van der Waals surface area contributed by atoms with Gasteiger partial charge < -0.3 is 9.64 Å². The van der Waals surface area contributed by atoms with Gasteiger partial charge in [0.05, 0.1) is 7.11 Å². The number of hydrogen-bond acceptors (Lipinski definition) is 2. The molecule has 1 amide bonds. The number of hydrogen-bond donors (Lipinski definition) is 0. The van der Waals surface area contributed by atoms with Gasteiger partial charge in [-0.15, -0.1) is 0 Å². The van der Waals surface area contributed by atoms with Gasteiger partial charge in [-0.25, -0.2) is 4.39 Å². The van der Waals surface area contributed by atoms with Crippen LogP contribution in [0, 0.1) is 11.7 Å². The van der Waals surface area contributed by atoms with Crippen LogP contribution in [0.5, 0.6) is 5.75 Å². The smallest absolute Gasteiger partial charge is 0.222 e. The Morgan fingerprint density at radius 2 is 2.05 bits per heavy atom. The summed E-state index contributed by atoms with van der Waals surface area (Å²) in [5.74, 6) is 0.525. The molecule has 0 atom stereocenters. The molecule has 0 aromatic heterocycles. The van der Waals surface area contributed by atoms with E-state index in [0.29, 0.717) is 18.9 Å². The van der Waals surface area contributed by atoms with Crippen molar-refractivity contribution in [3.63, 3.8) is 0 Å². The lowest BCUT2D eigenvalue weighted by Gasteiger charge is -2.24. The topological polar surface area (TPSA) is 29.5 Å². The third kappa shape index (κ3) is 4.45. The number of nitrogens with zero attached hydrogens (tertiary/aromatic N) is 1. The predicted molar refractivity (Wildman–Crippen MR) is 80.6 cm³/mol. The van der Waals surface area contributed by atoms with Crippen molar-refractivity contribution in [1.82, 2.24) is 4.90 Å². The Morgan fingerprint density at radius 3 is 2.67 bits per heavy atom. The molecule has 0 bridgehead atoms. The van der Waals surface area contributed by atoms with E-state index in [1.165, 1.54) is 32.4 Å². The average molecular weight is 293 g/mol. The van der Waals surface area contributed by atoms with E-state index in [-0.39, 0.29) is 17.5 Å². The summed E-state index contributed by atoms with van der Waals surface area (Å²) in [5.41, 5.74) is 0.785. The normalized spacial score (nSPS) is 15.8. The van der Waals surface area contributed by atoms with Crippen LogP contribution in [0.2, 0.25) is 0 Å². The number of halogens is 1.